The summed E-state index contributed by atoms with van der Waals surface area (Å²) in [6, 6.07) is 16.0. The van der Waals surface area contributed by atoms with Crippen molar-refractivity contribution >= 4 is 27.5 Å². The number of fused-ring (bicyclic) bond motifs is 1. The van der Waals surface area contributed by atoms with Crippen molar-refractivity contribution in [1.29, 1.82) is 0 Å². The molecule has 7 heteroatoms. The summed E-state index contributed by atoms with van der Waals surface area (Å²) in [5.41, 5.74) is 2.08. The fourth-order valence-electron chi connectivity index (χ4n) is 4.42. The second kappa shape index (κ2) is 8.34. The monoisotopic (exact) mass is 424 g/mol. The standard InChI is InChI=1S/C23H24N2O4S/c26-23(27)22-25(29-22)21(15-6-2-1-3-7-15)16-10-12-17(13-11-16)28-14-20-24-18-8-4-5-9-19(18)30-20/h4-5,8-13,15,21-22H,1-3,6-7,14H2,(H,26,27)/t21?,22-,25?/m0/s1. The van der Waals surface area contributed by atoms with Crippen molar-refractivity contribution in [3.63, 3.8) is 0 Å². The molecule has 156 valence electrons. The molecule has 3 atom stereocenters. The van der Waals surface area contributed by atoms with E-state index in [4.69, 9.17) is 9.57 Å². The van der Waals surface area contributed by atoms with Crippen molar-refractivity contribution in [1.82, 2.24) is 10.0 Å². The molecule has 0 spiro atoms. The van der Waals surface area contributed by atoms with Crippen molar-refractivity contribution in [3.05, 3.63) is 59.1 Å². The van der Waals surface area contributed by atoms with E-state index in [-0.39, 0.29) is 6.04 Å². The van der Waals surface area contributed by atoms with Crippen molar-refractivity contribution in [2.45, 2.75) is 51.0 Å². The Balaban J connectivity index is 1.28. The summed E-state index contributed by atoms with van der Waals surface area (Å²) in [6.07, 6.45) is 5.02. The molecule has 2 unspecified atom stereocenters. The van der Waals surface area contributed by atoms with Crippen LogP contribution in [-0.2, 0) is 16.2 Å². The SMILES string of the molecule is O=C(O)[C@@H]1ON1C(c1ccc(OCc2nc3ccccc3s2)cc1)C1CCCCC1. The van der Waals surface area contributed by atoms with E-state index in [1.165, 1.54) is 19.3 Å². The Kier molecular flexibility index (Phi) is 5.41. The summed E-state index contributed by atoms with van der Waals surface area (Å²) in [6.45, 7) is 0.432. The molecule has 2 heterocycles. The molecule has 0 amide bonds. The Morgan fingerprint density at radius 2 is 1.93 bits per heavy atom. The molecule has 2 aromatic carbocycles. The van der Waals surface area contributed by atoms with Crippen molar-refractivity contribution in [2.24, 2.45) is 5.92 Å². The molecule has 1 saturated heterocycles. The van der Waals surface area contributed by atoms with Gasteiger partial charge in [0.15, 0.2) is 0 Å². The molecule has 2 aliphatic rings. The van der Waals surface area contributed by atoms with E-state index in [0.717, 1.165) is 39.4 Å². The molecule has 1 aliphatic heterocycles. The Morgan fingerprint density at radius 3 is 2.63 bits per heavy atom. The number of hydroxylamine groups is 2. The molecular weight excluding hydrogens is 400 g/mol. The van der Waals surface area contributed by atoms with E-state index in [9.17, 15) is 9.90 Å². The van der Waals surface area contributed by atoms with Crippen molar-refractivity contribution in [3.8, 4) is 5.75 Å². The molecule has 6 nitrogen and oxygen atoms in total. The molecule has 0 radical (unpaired) electrons. The second-order valence-corrected chi connectivity index (χ2v) is 9.05. The number of thiazole rings is 1. The van der Waals surface area contributed by atoms with Crippen LogP contribution in [0.2, 0.25) is 0 Å². The topological polar surface area (TPSA) is 75.0 Å². The normalized spacial score (nSPS) is 22.7. The highest BCUT2D eigenvalue weighted by Gasteiger charge is 2.50. The molecule has 1 aliphatic carbocycles. The first-order chi connectivity index (χ1) is 14.7. The zero-order valence-corrected chi connectivity index (χ0v) is 17.4. The first kappa shape index (κ1) is 19.5. The van der Waals surface area contributed by atoms with Crippen LogP contribution >= 0.6 is 11.3 Å². The summed E-state index contributed by atoms with van der Waals surface area (Å²) >= 11 is 1.64. The van der Waals surface area contributed by atoms with Gasteiger partial charge in [0.2, 0.25) is 0 Å². The van der Waals surface area contributed by atoms with Crippen molar-refractivity contribution < 1.29 is 19.5 Å². The molecule has 1 saturated carbocycles. The van der Waals surface area contributed by atoms with Gasteiger partial charge in [0.1, 0.15) is 17.4 Å². The first-order valence-corrected chi connectivity index (χ1v) is 11.3. The van der Waals surface area contributed by atoms with E-state index in [2.05, 4.69) is 11.1 Å². The summed E-state index contributed by atoms with van der Waals surface area (Å²) < 4.78 is 7.11. The number of nitrogens with zero attached hydrogens (tertiary/aromatic N) is 2. The number of hydrogen-bond donors (Lipinski definition) is 1. The first-order valence-electron chi connectivity index (χ1n) is 10.4. The second-order valence-electron chi connectivity index (χ2n) is 7.93. The van der Waals surface area contributed by atoms with Crippen LogP contribution in [0.25, 0.3) is 10.2 Å². The molecular formula is C23H24N2O4S. The quantitative estimate of drug-likeness (QED) is 0.529. The number of benzene rings is 2. The minimum atomic E-state index is -0.924. The lowest BCUT2D eigenvalue weighted by molar-refractivity contribution is -0.138. The van der Waals surface area contributed by atoms with Crippen LogP contribution in [0.4, 0.5) is 0 Å². The fourth-order valence-corrected chi connectivity index (χ4v) is 5.30. The van der Waals surface area contributed by atoms with Crippen molar-refractivity contribution in [2.75, 3.05) is 0 Å². The van der Waals surface area contributed by atoms with E-state index >= 15 is 0 Å². The lowest BCUT2D eigenvalue weighted by Crippen LogP contribution is -2.25. The van der Waals surface area contributed by atoms with Gasteiger partial charge in [-0.15, -0.1) is 16.4 Å². The van der Waals surface area contributed by atoms with E-state index in [1.54, 1.807) is 16.4 Å². The molecule has 3 aromatic rings. The van der Waals surface area contributed by atoms with Gasteiger partial charge in [0, 0.05) is 0 Å². The summed E-state index contributed by atoms with van der Waals surface area (Å²) in [5.74, 6) is 0.270. The molecule has 0 bridgehead atoms. The number of carboxylic acids is 1. The van der Waals surface area contributed by atoms with Crippen LogP contribution < -0.4 is 4.74 Å². The van der Waals surface area contributed by atoms with E-state index in [0.29, 0.717) is 12.5 Å². The van der Waals surface area contributed by atoms with Gasteiger partial charge in [-0.25, -0.2) is 9.78 Å². The molecule has 1 aromatic heterocycles. The molecule has 1 N–H and O–H groups in total. The summed E-state index contributed by atoms with van der Waals surface area (Å²) in [4.78, 5) is 21.4. The Morgan fingerprint density at radius 1 is 1.17 bits per heavy atom. The zero-order chi connectivity index (χ0) is 20.5. The number of hydrogen-bond acceptors (Lipinski definition) is 6. The smallest absolute Gasteiger partial charge is 0.352 e. The number of aliphatic carboxylic acids is 1. The van der Waals surface area contributed by atoms with Gasteiger partial charge in [-0.1, -0.05) is 43.5 Å². The van der Waals surface area contributed by atoms with Crippen LogP contribution in [0.5, 0.6) is 5.75 Å². The van der Waals surface area contributed by atoms with E-state index < -0.39 is 12.2 Å². The summed E-state index contributed by atoms with van der Waals surface area (Å²) in [5, 5.41) is 11.9. The number of rotatable bonds is 7. The number of aromatic nitrogens is 1. The van der Waals surface area contributed by atoms with Gasteiger partial charge in [-0.3, -0.25) is 4.84 Å². The predicted octanol–water partition coefficient (Wildman–Crippen LogP) is 5.15. The number of carboxylic acid groups (broad SMARTS) is 1. The maximum Gasteiger partial charge on any atom is 0.352 e. The van der Waals surface area contributed by atoms with Gasteiger partial charge in [0.05, 0.1) is 16.3 Å². The lowest BCUT2D eigenvalue weighted by Gasteiger charge is -2.30. The fraction of sp³-hybridized carbons (Fsp3) is 0.391. The lowest BCUT2D eigenvalue weighted by atomic mass is 9.81. The molecule has 5 rings (SSSR count). The molecule has 30 heavy (non-hydrogen) atoms. The third-order valence-electron chi connectivity index (χ3n) is 5.91. The highest BCUT2D eigenvalue weighted by molar-refractivity contribution is 7.18. The predicted molar refractivity (Wildman–Crippen MR) is 114 cm³/mol. The Labute approximate surface area is 179 Å². The maximum absolute atomic E-state index is 11.3. The molecule has 2 fully saturated rings. The Bertz CT molecular complexity index is 996. The summed E-state index contributed by atoms with van der Waals surface area (Å²) in [7, 11) is 0. The van der Waals surface area contributed by atoms with Gasteiger partial charge < -0.3 is 9.84 Å². The number of carbonyl (C=O) groups is 1. The highest BCUT2D eigenvalue weighted by atomic mass is 32.1. The van der Waals surface area contributed by atoms with Gasteiger partial charge in [0.25, 0.3) is 6.23 Å². The zero-order valence-electron chi connectivity index (χ0n) is 16.6. The van der Waals surface area contributed by atoms with Crippen LogP contribution in [-0.4, -0.2) is 27.4 Å². The number of ether oxygens (including phenoxy) is 1. The number of para-hydroxylation sites is 1. The largest absolute Gasteiger partial charge is 0.486 e. The van der Waals surface area contributed by atoms with Crippen LogP contribution in [0.15, 0.2) is 48.5 Å². The van der Waals surface area contributed by atoms with Gasteiger partial charge in [-0.05, 0) is 48.6 Å². The van der Waals surface area contributed by atoms with Crippen LogP contribution in [0.3, 0.4) is 0 Å². The van der Waals surface area contributed by atoms with E-state index in [1.807, 2.05) is 42.5 Å². The minimum Gasteiger partial charge on any atom is -0.486 e. The average Bonchev–Trinajstić information content (AvgIpc) is 3.45. The third-order valence-corrected chi connectivity index (χ3v) is 6.92. The van der Waals surface area contributed by atoms with Crippen LogP contribution in [0.1, 0.15) is 48.7 Å². The maximum atomic E-state index is 11.3. The Hall–Kier alpha value is -2.48. The van der Waals surface area contributed by atoms with Gasteiger partial charge in [-0.2, -0.15) is 0 Å². The van der Waals surface area contributed by atoms with Crippen LogP contribution in [0, 0.1) is 5.92 Å². The minimum absolute atomic E-state index is 0.0234. The van der Waals surface area contributed by atoms with Gasteiger partial charge >= 0.3 is 5.97 Å². The average molecular weight is 425 g/mol. The third kappa shape index (κ3) is 4.05. The highest BCUT2D eigenvalue weighted by Crippen LogP contribution is 2.44.